The van der Waals surface area contributed by atoms with E-state index in [2.05, 4.69) is 18.7 Å². The second-order valence-corrected chi connectivity index (χ2v) is 8.95. The summed E-state index contributed by atoms with van der Waals surface area (Å²) in [4.78, 5) is 31.0. The molecule has 2 aliphatic rings. The van der Waals surface area contributed by atoms with Gasteiger partial charge in [0, 0.05) is 13.1 Å². The number of benzene rings is 2. The van der Waals surface area contributed by atoms with Crippen molar-refractivity contribution in [1.82, 2.24) is 4.90 Å². The highest BCUT2D eigenvalue weighted by Gasteiger charge is 2.43. The van der Waals surface area contributed by atoms with Crippen molar-refractivity contribution in [2.45, 2.75) is 47.5 Å². The molecule has 0 radical (unpaired) electrons. The van der Waals surface area contributed by atoms with Gasteiger partial charge in [-0.15, -0.1) is 0 Å². The maximum atomic E-state index is 13.7. The fourth-order valence-corrected chi connectivity index (χ4v) is 4.54. The Hall–Kier alpha value is -2.88. The predicted molar refractivity (Wildman–Crippen MR) is 121 cm³/mol. The summed E-state index contributed by atoms with van der Waals surface area (Å²) in [7, 11) is 0. The highest BCUT2D eigenvalue weighted by molar-refractivity contribution is 6.45. The van der Waals surface area contributed by atoms with Crippen molar-refractivity contribution in [3.05, 3.63) is 69.9 Å². The summed E-state index contributed by atoms with van der Waals surface area (Å²) in [5.41, 5.74) is 6.88. The lowest BCUT2D eigenvalue weighted by molar-refractivity contribution is -0.120. The van der Waals surface area contributed by atoms with Gasteiger partial charge in [0.2, 0.25) is 0 Å². The van der Waals surface area contributed by atoms with Crippen LogP contribution in [-0.4, -0.2) is 29.8 Å². The van der Waals surface area contributed by atoms with E-state index in [0.29, 0.717) is 22.9 Å². The Kier molecular flexibility index (Phi) is 5.27. The lowest BCUT2D eigenvalue weighted by Crippen LogP contribution is -2.39. The minimum atomic E-state index is -0.217. The molecule has 4 heteroatoms. The summed E-state index contributed by atoms with van der Waals surface area (Å²) in [5.74, 6) is 0.0890. The van der Waals surface area contributed by atoms with Crippen LogP contribution >= 0.6 is 0 Å². The molecule has 4 nitrogen and oxygen atoms in total. The standard InChI is InChI=1S/C26H30N2O2/c1-16-8-9-19(4)22(13-16)28-25(29)23(21-11-10-18(3)20(5)14-21)24(26(28)30)27-12-6-7-17(2)15-27/h8-11,13-14,17H,6-7,12,15H2,1-5H3. The number of rotatable bonds is 3. The first-order valence-corrected chi connectivity index (χ1v) is 10.8. The third-order valence-corrected chi connectivity index (χ3v) is 6.43. The first-order chi connectivity index (χ1) is 14.3. The number of hydrogen-bond donors (Lipinski definition) is 0. The number of carbonyl (C=O) groups excluding carboxylic acids is 2. The molecule has 2 aliphatic heterocycles. The van der Waals surface area contributed by atoms with Gasteiger partial charge in [0.15, 0.2) is 0 Å². The molecule has 1 fully saturated rings. The van der Waals surface area contributed by atoms with Crippen molar-refractivity contribution >= 4 is 23.1 Å². The lowest BCUT2D eigenvalue weighted by atomic mass is 9.96. The Bertz CT molecular complexity index is 1070. The Balaban J connectivity index is 1.88. The largest absolute Gasteiger partial charge is 0.366 e. The monoisotopic (exact) mass is 402 g/mol. The molecule has 0 saturated carbocycles. The minimum Gasteiger partial charge on any atom is -0.366 e. The summed E-state index contributed by atoms with van der Waals surface area (Å²) in [6.45, 7) is 11.9. The van der Waals surface area contributed by atoms with E-state index in [4.69, 9.17) is 0 Å². The molecule has 1 saturated heterocycles. The molecule has 0 spiro atoms. The van der Waals surface area contributed by atoms with Gasteiger partial charge in [0.25, 0.3) is 11.8 Å². The van der Waals surface area contributed by atoms with Gasteiger partial charge >= 0.3 is 0 Å². The van der Waals surface area contributed by atoms with Crippen LogP contribution in [0.4, 0.5) is 5.69 Å². The van der Waals surface area contributed by atoms with E-state index in [1.807, 2.05) is 57.2 Å². The normalized spacial score (nSPS) is 19.8. The molecule has 0 bridgehead atoms. The molecule has 1 atom stereocenters. The number of nitrogens with zero attached hydrogens (tertiary/aromatic N) is 2. The fraction of sp³-hybridized carbons (Fsp3) is 0.385. The number of aryl methyl sites for hydroxylation is 4. The molecule has 2 aromatic carbocycles. The molecule has 156 valence electrons. The second-order valence-electron chi connectivity index (χ2n) is 8.95. The van der Waals surface area contributed by atoms with Crippen LogP contribution in [0.2, 0.25) is 0 Å². The van der Waals surface area contributed by atoms with E-state index in [-0.39, 0.29) is 11.8 Å². The van der Waals surface area contributed by atoms with E-state index >= 15 is 0 Å². The molecule has 2 amide bonds. The van der Waals surface area contributed by atoms with Gasteiger partial charge in [-0.3, -0.25) is 9.59 Å². The van der Waals surface area contributed by atoms with E-state index in [0.717, 1.165) is 48.2 Å². The number of amides is 2. The van der Waals surface area contributed by atoms with Crippen molar-refractivity contribution in [3.8, 4) is 0 Å². The molecule has 0 aromatic heterocycles. The third kappa shape index (κ3) is 3.45. The summed E-state index contributed by atoms with van der Waals surface area (Å²) in [6, 6.07) is 12.0. The van der Waals surface area contributed by atoms with Crippen LogP contribution in [0.1, 0.15) is 47.6 Å². The van der Waals surface area contributed by atoms with Crippen LogP contribution < -0.4 is 4.90 Å². The third-order valence-electron chi connectivity index (χ3n) is 6.43. The minimum absolute atomic E-state index is 0.198. The average molecular weight is 403 g/mol. The number of hydrogen-bond acceptors (Lipinski definition) is 3. The van der Waals surface area contributed by atoms with Crippen LogP contribution in [0.15, 0.2) is 42.1 Å². The molecule has 1 unspecified atom stereocenters. The van der Waals surface area contributed by atoms with Gasteiger partial charge in [0.05, 0.1) is 11.3 Å². The predicted octanol–water partition coefficient (Wildman–Crippen LogP) is 4.94. The molecule has 0 aliphatic carbocycles. The zero-order valence-electron chi connectivity index (χ0n) is 18.6. The van der Waals surface area contributed by atoms with Gasteiger partial charge in [0.1, 0.15) is 5.70 Å². The fourth-order valence-electron chi connectivity index (χ4n) is 4.54. The first kappa shape index (κ1) is 20.4. The number of carbonyl (C=O) groups is 2. The maximum absolute atomic E-state index is 13.7. The Morgan fingerprint density at radius 2 is 1.60 bits per heavy atom. The average Bonchev–Trinajstić information content (AvgIpc) is 2.96. The Morgan fingerprint density at radius 1 is 0.867 bits per heavy atom. The molecule has 0 N–H and O–H groups in total. The number of anilines is 1. The topological polar surface area (TPSA) is 40.6 Å². The molecule has 2 aromatic rings. The second kappa shape index (κ2) is 7.75. The van der Waals surface area contributed by atoms with Crippen LogP contribution in [0, 0.1) is 33.6 Å². The summed E-state index contributed by atoms with van der Waals surface area (Å²) in [5, 5.41) is 0. The molecule has 30 heavy (non-hydrogen) atoms. The van der Waals surface area contributed by atoms with Gasteiger partial charge in [-0.25, -0.2) is 4.90 Å². The molecule has 4 rings (SSSR count). The number of piperidine rings is 1. The quantitative estimate of drug-likeness (QED) is 0.683. The van der Waals surface area contributed by atoms with Gasteiger partial charge in [-0.1, -0.05) is 37.3 Å². The van der Waals surface area contributed by atoms with Crippen molar-refractivity contribution in [2.75, 3.05) is 18.0 Å². The van der Waals surface area contributed by atoms with Crippen LogP contribution in [-0.2, 0) is 9.59 Å². The zero-order chi connectivity index (χ0) is 21.6. The van der Waals surface area contributed by atoms with Gasteiger partial charge < -0.3 is 4.90 Å². The molecular weight excluding hydrogens is 372 g/mol. The Labute approximate surface area is 179 Å². The van der Waals surface area contributed by atoms with Crippen molar-refractivity contribution in [1.29, 1.82) is 0 Å². The summed E-state index contributed by atoms with van der Waals surface area (Å²) < 4.78 is 0. The molecule has 2 heterocycles. The summed E-state index contributed by atoms with van der Waals surface area (Å²) in [6.07, 6.45) is 2.20. The first-order valence-electron chi connectivity index (χ1n) is 10.8. The Morgan fingerprint density at radius 3 is 2.30 bits per heavy atom. The zero-order valence-corrected chi connectivity index (χ0v) is 18.6. The smallest absolute Gasteiger partial charge is 0.282 e. The van der Waals surface area contributed by atoms with Gasteiger partial charge in [-0.05, 0) is 80.3 Å². The number of imide groups is 1. The van der Waals surface area contributed by atoms with Gasteiger partial charge in [-0.2, -0.15) is 0 Å². The van der Waals surface area contributed by atoms with E-state index < -0.39 is 0 Å². The maximum Gasteiger partial charge on any atom is 0.282 e. The van der Waals surface area contributed by atoms with Crippen molar-refractivity contribution in [2.24, 2.45) is 5.92 Å². The van der Waals surface area contributed by atoms with Crippen molar-refractivity contribution < 1.29 is 9.59 Å². The van der Waals surface area contributed by atoms with Crippen LogP contribution in [0.3, 0.4) is 0 Å². The summed E-state index contributed by atoms with van der Waals surface area (Å²) >= 11 is 0. The SMILES string of the molecule is Cc1ccc(C)c(N2C(=O)C(c3ccc(C)c(C)c3)=C(N3CCCC(C)C3)C2=O)c1. The van der Waals surface area contributed by atoms with E-state index in [1.165, 1.54) is 10.5 Å². The highest BCUT2D eigenvalue weighted by Crippen LogP contribution is 2.38. The highest BCUT2D eigenvalue weighted by atomic mass is 16.2. The lowest BCUT2D eigenvalue weighted by Gasteiger charge is -2.33. The van der Waals surface area contributed by atoms with E-state index in [1.54, 1.807) is 0 Å². The van der Waals surface area contributed by atoms with E-state index in [9.17, 15) is 9.59 Å². The molecular formula is C26H30N2O2. The van der Waals surface area contributed by atoms with Crippen LogP contribution in [0.5, 0.6) is 0 Å². The van der Waals surface area contributed by atoms with Crippen molar-refractivity contribution in [3.63, 3.8) is 0 Å². The van der Waals surface area contributed by atoms with Crippen LogP contribution in [0.25, 0.3) is 5.57 Å². The number of likely N-dealkylation sites (tertiary alicyclic amines) is 1.